The molecule has 4 N–H and O–H groups in total. The first kappa shape index (κ1) is 23.5. The van der Waals surface area contributed by atoms with Gasteiger partial charge < -0.3 is 10.5 Å². The summed E-state index contributed by atoms with van der Waals surface area (Å²) < 4.78 is 11.7. The minimum atomic E-state index is -0.501. The quantitative estimate of drug-likeness (QED) is 0.311. The first-order chi connectivity index (χ1) is 17.0. The van der Waals surface area contributed by atoms with Crippen molar-refractivity contribution in [1.82, 2.24) is 36.2 Å². The fraction of sp³-hybridized carbons (Fsp3) is 0.208. The number of allylic oxidation sites excluding steroid dienone is 1. The lowest BCUT2D eigenvalue weighted by Gasteiger charge is -2.13. The number of ether oxygens (including phenoxy) is 1. The van der Waals surface area contributed by atoms with Crippen LogP contribution in [0, 0.1) is 6.92 Å². The first-order valence-electron chi connectivity index (χ1n) is 11.1. The van der Waals surface area contributed by atoms with Gasteiger partial charge in [0.05, 0.1) is 12.3 Å². The van der Waals surface area contributed by atoms with Crippen LogP contribution in [-0.2, 0) is 0 Å². The summed E-state index contributed by atoms with van der Waals surface area (Å²) in [5.74, 6) is 0.346. The molecule has 0 bridgehead atoms. The van der Waals surface area contributed by atoms with Gasteiger partial charge in [-0.25, -0.2) is 4.63 Å². The zero-order valence-electron chi connectivity index (χ0n) is 19.6. The maximum Gasteiger partial charge on any atom is 0.292 e. The van der Waals surface area contributed by atoms with E-state index < -0.39 is 5.91 Å². The van der Waals surface area contributed by atoms with E-state index >= 15 is 0 Å². The van der Waals surface area contributed by atoms with Crippen LogP contribution in [0.25, 0.3) is 22.8 Å². The maximum absolute atomic E-state index is 13.2. The Bertz CT molecular complexity index is 1320. The summed E-state index contributed by atoms with van der Waals surface area (Å²) >= 11 is 0. The Morgan fingerprint density at radius 1 is 1.11 bits per heavy atom. The average Bonchev–Trinajstić information content (AvgIpc) is 3.50. The van der Waals surface area contributed by atoms with E-state index in [1.165, 1.54) is 4.68 Å². The highest BCUT2D eigenvalue weighted by molar-refractivity contribution is 5.98. The molecular formula is C24H26N8O3. The van der Waals surface area contributed by atoms with Crippen molar-refractivity contribution in [2.45, 2.75) is 27.2 Å². The van der Waals surface area contributed by atoms with Crippen LogP contribution >= 0.6 is 0 Å². The summed E-state index contributed by atoms with van der Waals surface area (Å²) in [6, 6.07) is 15.1. The van der Waals surface area contributed by atoms with Crippen LogP contribution < -0.4 is 21.3 Å². The third kappa shape index (κ3) is 5.13. The summed E-state index contributed by atoms with van der Waals surface area (Å²) in [7, 11) is 0. The van der Waals surface area contributed by atoms with Crippen molar-refractivity contribution in [1.29, 1.82) is 0 Å². The van der Waals surface area contributed by atoms with Gasteiger partial charge in [-0.1, -0.05) is 48.0 Å². The molecule has 0 saturated carbocycles. The number of carbonyl (C=O) groups is 1. The Hall–Kier alpha value is -4.67. The lowest BCUT2D eigenvalue weighted by atomic mass is 10.1. The van der Waals surface area contributed by atoms with Crippen molar-refractivity contribution in [3.63, 3.8) is 0 Å². The number of nitrogens with two attached hydrogens (primary N) is 1. The third-order valence-electron chi connectivity index (χ3n) is 5.14. The van der Waals surface area contributed by atoms with Gasteiger partial charge in [-0.3, -0.25) is 15.6 Å². The van der Waals surface area contributed by atoms with Crippen molar-refractivity contribution in [2.24, 2.45) is 0 Å². The van der Waals surface area contributed by atoms with Crippen LogP contribution in [0.3, 0.4) is 0 Å². The topological polar surface area (TPSA) is 146 Å². The van der Waals surface area contributed by atoms with Gasteiger partial charge in [0, 0.05) is 5.56 Å². The Labute approximate surface area is 201 Å². The van der Waals surface area contributed by atoms with E-state index in [9.17, 15) is 4.79 Å². The molecule has 4 rings (SSSR count). The van der Waals surface area contributed by atoms with E-state index in [0.717, 1.165) is 23.2 Å². The molecule has 0 atom stereocenters. The number of anilines is 1. The Balaban J connectivity index is 1.64. The standard InChI is InChI=1S/C24H26N8O3/c1-4-14-34-18-12-10-17(11-13-18)21-20(27-31-32(21)23-22(25)29-35-30-23)24(33)28-26-19(5-2)16-8-6-15(3)7-9-16/h5-13,26H,4,14H2,1-3H3,(H2,25,29)(H,28,33). The average molecular weight is 475 g/mol. The molecule has 0 fully saturated rings. The zero-order valence-corrected chi connectivity index (χ0v) is 19.6. The number of rotatable bonds is 9. The molecule has 0 radical (unpaired) electrons. The molecule has 2 heterocycles. The summed E-state index contributed by atoms with van der Waals surface area (Å²) in [5, 5.41) is 15.6. The maximum atomic E-state index is 13.2. The molecule has 35 heavy (non-hydrogen) atoms. The molecular weight excluding hydrogens is 448 g/mol. The van der Waals surface area contributed by atoms with E-state index in [1.807, 2.05) is 63.2 Å². The minimum Gasteiger partial charge on any atom is -0.494 e. The van der Waals surface area contributed by atoms with Crippen molar-refractivity contribution in [3.05, 3.63) is 71.4 Å². The van der Waals surface area contributed by atoms with Crippen LogP contribution in [0.15, 0.2) is 59.2 Å². The number of nitrogens with one attached hydrogen (secondary N) is 2. The Morgan fingerprint density at radius 2 is 1.86 bits per heavy atom. The highest BCUT2D eigenvalue weighted by Gasteiger charge is 2.25. The third-order valence-corrected chi connectivity index (χ3v) is 5.14. The molecule has 1 amide bonds. The lowest BCUT2D eigenvalue weighted by Crippen LogP contribution is -2.36. The van der Waals surface area contributed by atoms with E-state index in [1.54, 1.807) is 12.1 Å². The van der Waals surface area contributed by atoms with E-state index in [2.05, 4.69) is 31.5 Å². The normalized spacial score (nSPS) is 11.3. The van der Waals surface area contributed by atoms with Crippen LogP contribution in [0.4, 0.5) is 5.82 Å². The summed E-state index contributed by atoms with van der Waals surface area (Å²) in [6.45, 7) is 6.52. The minimum absolute atomic E-state index is 0.0136. The molecule has 180 valence electrons. The van der Waals surface area contributed by atoms with Gasteiger partial charge in [0.1, 0.15) is 11.4 Å². The SMILES string of the molecule is CC=C(NNC(=O)c1nnn(-c2nonc2N)c1-c1ccc(OCCC)cc1)c1ccc(C)cc1. The second-order valence-corrected chi connectivity index (χ2v) is 7.69. The van der Waals surface area contributed by atoms with Gasteiger partial charge in [0.2, 0.25) is 11.6 Å². The van der Waals surface area contributed by atoms with Crippen LogP contribution in [0.2, 0.25) is 0 Å². The molecule has 0 aliphatic carbocycles. The number of amides is 1. The molecule has 11 nitrogen and oxygen atoms in total. The van der Waals surface area contributed by atoms with E-state index in [0.29, 0.717) is 23.6 Å². The Morgan fingerprint density at radius 3 is 2.49 bits per heavy atom. The monoisotopic (exact) mass is 474 g/mol. The number of hydrazine groups is 1. The Kier molecular flexibility index (Phi) is 7.05. The summed E-state index contributed by atoms with van der Waals surface area (Å²) in [6.07, 6.45) is 2.75. The molecule has 0 unspecified atom stereocenters. The summed E-state index contributed by atoms with van der Waals surface area (Å²) in [4.78, 5) is 13.2. The molecule has 0 aliphatic rings. The smallest absolute Gasteiger partial charge is 0.292 e. The van der Waals surface area contributed by atoms with Crippen molar-refractivity contribution < 1.29 is 14.2 Å². The highest BCUT2D eigenvalue weighted by Crippen LogP contribution is 2.28. The summed E-state index contributed by atoms with van der Waals surface area (Å²) in [5.41, 5.74) is 15.4. The van der Waals surface area contributed by atoms with Crippen molar-refractivity contribution in [3.8, 4) is 22.8 Å². The molecule has 0 saturated heterocycles. The number of aromatic nitrogens is 5. The van der Waals surface area contributed by atoms with Crippen LogP contribution in [0.5, 0.6) is 5.75 Å². The molecule has 2 aromatic carbocycles. The molecule has 11 heteroatoms. The van der Waals surface area contributed by atoms with Gasteiger partial charge >= 0.3 is 0 Å². The fourth-order valence-electron chi connectivity index (χ4n) is 3.34. The first-order valence-corrected chi connectivity index (χ1v) is 11.1. The predicted octanol–water partition coefficient (Wildman–Crippen LogP) is 3.29. The van der Waals surface area contributed by atoms with Gasteiger partial charge in [0.25, 0.3) is 5.91 Å². The van der Waals surface area contributed by atoms with Crippen molar-refractivity contribution in [2.75, 3.05) is 12.3 Å². The van der Waals surface area contributed by atoms with Crippen molar-refractivity contribution >= 4 is 17.4 Å². The van der Waals surface area contributed by atoms with Gasteiger partial charge in [-0.2, -0.15) is 4.68 Å². The predicted molar refractivity (Wildman–Crippen MR) is 130 cm³/mol. The second kappa shape index (κ2) is 10.5. The molecule has 0 spiro atoms. The molecule has 4 aromatic rings. The van der Waals surface area contributed by atoms with Gasteiger partial charge in [0.15, 0.2) is 5.69 Å². The van der Waals surface area contributed by atoms with E-state index in [-0.39, 0.29) is 17.3 Å². The van der Waals surface area contributed by atoms with Gasteiger partial charge in [-0.15, -0.1) is 5.10 Å². The second-order valence-electron chi connectivity index (χ2n) is 7.69. The molecule has 2 aromatic heterocycles. The number of carbonyl (C=O) groups excluding carboxylic acids is 1. The van der Waals surface area contributed by atoms with E-state index in [4.69, 9.17) is 15.1 Å². The largest absolute Gasteiger partial charge is 0.494 e. The number of nitrogens with zero attached hydrogens (tertiary/aromatic N) is 5. The zero-order chi connectivity index (χ0) is 24.8. The number of hydrogen-bond acceptors (Lipinski definition) is 9. The number of hydrogen-bond donors (Lipinski definition) is 3. The van der Waals surface area contributed by atoms with Crippen LogP contribution in [0.1, 0.15) is 41.9 Å². The lowest BCUT2D eigenvalue weighted by molar-refractivity contribution is 0.0938. The highest BCUT2D eigenvalue weighted by atomic mass is 16.6. The number of aryl methyl sites for hydroxylation is 1. The number of nitrogen functional groups attached to an aromatic ring is 1. The van der Waals surface area contributed by atoms with Gasteiger partial charge in [-0.05, 0) is 60.4 Å². The fourth-order valence-corrected chi connectivity index (χ4v) is 3.34. The number of benzene rings is 2. The molecule has 0 aliphatic heterocycles. The van der Waals surface area contributed by atoms with Crippen LogP contribution in [-0.4, -0.2) is 37.8 Å².